The maximum Gasteiger partial charge on any atom is 0.325 e. The lowest BCUT2D eigenvalue weighted by Gasteiger charge is -2.04. The molecule has 0 rings (SSSR count). The van der Waals surface area contributed by atoms with Crippen LogP contribution in [-0.4, -0.2) is 52.1 Å². The number of aliphatic hydroxyl groups is 1. The minimum absolute atomic E-state index is 0. The van der Waals surface area contributed by atoms with Crippen LogP contribution in [0.3, 0.4) is 0 Å². The van der Waals surface area contributed by atoms with Crippen molar-refractivity contribution in [2.45, 2.75) is 44.3 Å². The van der Waals surface area contributed by atoms with Crippen molar-refractivity contribution in [1.29, 1.82) is 0 Å². The molecule has 0 aromatic rings. The average Bonchev–Trinajstić information content (AvgIpc) is 2.25. The smallest absolute Gasteiger partial charge is 0.325 e. The van der Waals surface area contributed by atoms with E-state index in [4.69, 9.17) is 19.9 Å². The van der Waals surface area contributed by atoms with Crippen molar-refractivity contribution in [3.63, 3.8) is 0 Å². The first kappa shape index (κ1) is 23.8. The first-order chi connectivity index (χ1) is 8.66. The minimum Gasteiger partial charge on any atom is -0.481 e. The molecular weight excluding hydrogens is 294 g/mol. The third-order valence-electron chi connectivity index (χ3n) is 2.01. The van der Waals surface area contributed by atoms with E-state index in [2.05, 4.69) is 6.92 Å². The van der Waals surface area contributed by atoms with Gasteiger partial charge in [-0.05, 0) is 6.42 Å². The van der Waals surface area contributed by atoms with Gasteiger partial charge in [0, 0.05) is 6.61 Å². The number of carbonyl (C=O) groups is 2. The van der Waals surface area contributed by atoms with Crippen molar-refractivity contribution in [1.82, 2.24) is 6.15 Å². The summed E-state index contributed by atoms with van der Waals surface area (Å²) in [7, 11) is -4.84. The molecule has 0 aliphatic rings. The Morgan fingerprint density at radius 1 is 1.10 bits per heavy atom. The molecule has 0 aromatic carbocycles. The van der Waals surface area contributed by atoms with Gasteiger partial charge in [0.1, 0.15) is 0 Å². The van der Waals surface area contributed by atoms with Gasteiger partial charge in [0.15, 0.2) is 5.25 Å². The summed E-state index contributed by atoms with van der Waals surface area (Å²) in [5, 5.41) is 22.2. The summed E-state index contributed by atoms with van der Waals surface area (Å²) in [6, 6.07) is 0. The van der Waals surface area contributed by atoms with E-state index in [-0.39, 0.29) is 6.15 Å². The second-order valence-corrected chi connectivity index (χ2v) is 5.32. The van der Waals surface area contributed by atoms with Gasteiger partial charge in [0.05, 0.1) is 6.42 Å². The fourth-order valence-corrected chi connectivity index (χ4v) is 1.63. The molecule has 9 nitrogen and oxygen atoms in total. The van der Waals surface area contributed by atoms with E-state index < -0.39 is 33.7 Å². The molecule has 0 spiro atoms. The molecule has 0 aliphatic carbocycles. The Labute approximate surface area is 117 Å². The maximum atomic E-state index is 10.2. The van der Waals surface area contributed by atoms with Crippen LogP contribution in [0.2, 0.25) is 0 Å². The van der Waals surface area contributed by atoms with E-state index in [1.54, 1.807) is 0 Å². The van der Waals surface area contributed by atoms with Crippen molar-refractivity contribution >= 4 is 22.1 Å². The Hall–Kier alpha value is -1.23. The van der Waals surface area contributed by atoms with Gasteiger partial charge >= 0.3 is 11.9 Å². The fraction of sp³-hybridized carbons (Fsp3) is 0.800. The van der Waals surface area contributed by atoms with Crippen molar-refractivity contribution in [2.75, 3.05) is 6.61 Å². The van der Waals surface area contributed by atoms with Gasteiger partial charge in [0.2, 0.25) is 0 Å². The quantitative estimate of drug-likeness (QED) is 0.314. The first-order valence-electron chi connectivity index (χ1n) is 5.68. The van der Waals surface area contributed by atoms with Crippen LogP contribution >= 0.6 is 0 Å². The number of aliphatic carboxylic acids is 2. The zero-order valence-corrected chi connectivity index (χ0v) is 12.2. The summed E-state index contributed by atoms with van der Waals surface area (Å²) in [6.45, 7) is 2.53. The molecule has 10 heteroatoms. The summed E-state index contributed by atoms with van der Waals surface area (Å²) in [5.41, 5.74) is 0. The van der Waals surface area contributed by atoms with Gasteiger partial charge < -0.3 is 21.5 Å². The number of rotatable bonds is 8. The van der Waals surface area contributed by atoms with Crippen LogP contribution < -0.4 is 6.15 Å². The Kier molecular flexibility index (Phi) is 15.2. The minimum atomic E-state index is -4.84. The molecule has 20 heavy (non-hydrogen) atoms. The van der Waals surface area contributed by atoms with Gasteiger partial charge in [-0.3, -0.25) is 14.1 Å². The maximum absolute atomic E-state index is 10.2. The number of carboxylic acid groups (broad SMARTS) is 2. The van der Waals surface area contributed by atoms with Crippen molar-refractivity contribution < 1.29 is 37.9 Å². The van der Waals surface area contributed by atoms with Gasteiger partial charge in [-0.2, -0.15) is 8.42 Å². The standard InChI is InChI=1S/C6H14O.C4H6O7S.H3N/c1-2-3-4-5-6-7;5-3(6)1-2(4(7)8)12(9,10)11;/h7H,2-6H2,1H3;2H,1H2,(H,5,6)(H,7,8)(H,9,10,11);1H3. The predicted molar refractivity (Wildman–Crippen MR) is 71.5 cm³/mol. The molecule has 0 aromatic heterocycles. The lowest BCUT2D eigenvalue weighted by atomic mass is 10.2. The second kappa shape index (κ2) is 12.8. The molecule has 0 radical (unpaired) electrons. The van der Waals surface area contributed by atoms with Crippen LogP contribution in [0.15, 0.2) is 0 Å². The summed E-state index contributed by atoms with van der Waals surface area (Å²) in [6.07, 6.45) is 3.52. The summed E-state index contributed by atoms with van der Waals surface area (Å²) in [5.74, 6) is -3.50. The Morgan fingerprint density at radius 3 is 1.80 bits per heavy atom. The number of unbranched alkanes of at least 4 members (excludes halogenated alkanes) is 3. The monoisotopic (exact) mass is 317 g/mol. The van der Waals surface area contributed by atoms with Gasteiger partial charge in [-0.25, -0.2) is 0 Å². The third kappa shape index (κ3) is 14.8. The molecule has 1 atom stereocenters. The molecule has 122 valence electrons. The molecule has 0 saturated carbocycles. The Balaban J connectivity index is -0.000000312. The van der Waals surface area contributed by atoms with E-state index >= 15 is 0 Å². The molecule has 0 saturated heterocycles. The zero-order valence-electron chi connectivity index (χ0n) is 11.4. The summed E-state index contributed by atoms with van der Waals surface area (Å²) in [4.78, 5) is 20.0. The predicted octanol–water partition coefficient (Wildman–Crippen LogP) is 0.523. The highest BCUT2D eigenvalue weighted by Crippen LogP contribution is 2.04. The lowest BCUT2D eigenvalue weighted by molar-refractivity contribution is -0.143. The van der Waals surface area contributed by atoms with Crippen LogP contribution in [0, 0.1) is 0 Å². The van der Waals surface area contributed by atoms with E-state index in [0.29, 0.717) is 6.61 Å². The van der Waals surface area contributed by atoms with Crippen molar-refractivity contribution in [3.8, 4) is 0 Å². The van der Waals surface area contributed by atoms with Crippen LogP contribution in [0.25, 0.3) is 0 Å². The Bertz CT molecular complexity index is 363. The SMILES string of the molecule is CCCCCCO.N.O=C(O)CC(C(=O)O)S(=O)(=O)O. The number of hydrogen-bond acceptors (Lipinski definition) is 6. The van der Waals surface area contributed by atoms with Crippen molar-refractivity contribution in [3.05, 3.63) is 0 Å². The molecule has 0 fully saturated rings. The van der Waals surface area contributed by atoms with E-state index in [1.165, 1.54) is 19.3 Å². The molecule has 0 aliphatic heterocycles. The number of carboxylic acids is 2. The summed E-state index contributed by atoms with van der Waals surface area (Å²) >= 11 is 0. The van der Waals surface area contributed by atoms with E-state index in [1.807, 2.05) is 0 Å². The van der Waals surface area contributed by atoms with Crippen LogP contribution in [0.5, 0.6) is 0 Å². The lowest BCUT2D eigenvalue weighted by Crippen LogP contribution is -2.31. The molecule has 7 N–H and O–H groups in total. The topological polar surface area (TPSA) is 184 Å². The van der Waals surface area contributed by atoms with Crippen LogP contribution in [0.1, 0.15) is 39.0 Å². The normalized spacial score (nSPS) is 11.6. The zero-order chi connectivity index (χ0) is 15.5. The molecular formula is C10H23NO8S. The van der Waals surface area contributed by atoms with Gasteiger partial charge in [-0.1, -0.05) is 26.2 Å². The molecule has 0 amide bonds. The average molecular weight is 317 g/mol. The molecule has 0 bridgehead atoms. The second-order valence-electron chi connectivity index (χ2n) is 3.72. The van der Waals surface area contributed by atoms with E-state index in [9.17, 15) is 18.0 Å². The number of hydrogen-bond donors (Lipinski definition) is 5. The third-order valence-corrected chi connectivity index (χ3v) is 3.09. The molecule has 0 heterocycles. The van der Waals surface area contributed by atoms with Gasteiger partial charge in [-0.15, -0.1) is 0 Å². The first-order valence-corrected chi connectivity index (χ1v) is 7.18. The van der Waals surface area contributed by atoms with E-state index in [0.717, 1.165) is 6.42 Å². The highest BCUT2D eigenvalue weighted by atomic mass is 32.2. The van der Waals surface area contributed by atoms with Crippen molar-refractivity contribution in [2.24, 2.45) is 0 Å². The van der Waals surface area contributed by atoms with Crippen LogP contribution in [0.4, 0.5) is 0 Å². The van der Waals surface area contributed by atoms with Gasteiger partial charge in [0.25, 0.3) is 10.1 Å². The highest BCUT2D eigenvalue weighted by Gasteiger charge is 2.33. The highest BCUT2D eigenvalue weighted by molar-refractivity contribution is 7.87. The van der Waals surface area contributed by atoms with Crippen LogP contribution in [-0.2, 0) is 19.7 Å². The summed E-state index contributed by atoms with van der Waals surface area (Å²) < 4.78 is 28.7. The largest absolute Gasteiger partial charge is 0.481 e. The number of aliphatic hydroxyl groups excluding tert-OH is 1. The molecule has 1 unspecified atom stereocenters. The fourth-order valence-electron chi connectivity index (χ4n) is 1.02. The Morgan fingerprint density at radius 2 is 1.60 bits per heavy atom.